The Morgan fingerprint density at radius 2 is 2.00 bits per heavy atom. The van der Waals surface area contributed by atoms with E-state index in [1.165, 1.54) is 36.4 Å². The predicted octanol–water partition coefficient (Wildman–Crippen LogP) is 3.87. The van der Waals surface area contributed by atoms with Gasteiger partial charge in [0.05, 0.1) is 11.0 Å². The van der Waals surface area contributed by atoms with E-state index in [0.29, 0.717) is 4.47 Å². The second kappa shape index (κ2) is 5.23. The fourth-order valence-electron chi connectivity index (χ4n) is 1.45. The van der Waals surface area contributed by atoms with Crippen molar-refractivity contribution < 1.29 is 14.1 Å². The van der Waals surface area contributed by atoms with E-state index >= 15 is 0 Å². The van der Waals surface area contributed by atoms with Gasteiger partial charge in [-0.3, -0.25) is 10.1 Å². The first-order valence-corrected chi connectivity index (χ1v) is 5.93. The van der Waals surface area contributed by atoms with Gasteiger partial charge in [0, 0.05) is 22.3 Å². The molecule has 2 aromatic rings. The van der Waals surface area contributed by atoms with Gasteiger partial charge >= 0.3 is 0 Å². The molecule has 0 aliphatic rings. The molecule has 0 heterocycles. The molecule has 2 aromatic carbocycles. The maximum atomic E-state index is 13.5. The van der Waals surface area contributed by atoms with Crippen molar-refractivity contribution in [3.05, 3.63) is 56.8 Å². The van der Waals surface area contributed by atoms with Gasteiger partial charge in [-0.1, -0.05) is 15.9 Å². The lowest BCUT2D eigenvalue weighted by Gasteiger charge is -2.08. The smallest absolute Gasteiger partial charge is 0.275 e. The predicted molar refractivity (Wildman–Crippen MR) is 71.7 cm³/mol. The first-order chi connectivity index (χ1) is 8.95. The fourth-order valence-corrected chi connectivity index (χ4v) is 1.79. The highest BCUT2D eigenvalue weighted by Gasteiger charge is 2.12. The van der Waals surface area contributed by atoms with Gasteiger partial charge in [0.2, 0.25) is 0 Å². The van der Waals surface area contributed by atoms with Crippen molar-refractivity contribution >= 4 is 27.3 Å². The number of hydrogen-bond donors (Lipinski definition) is 1. The molecule has 2 rings (SSSR count). The molecular weight excluding hydrogens is 319 g/mol. The van der Waals surface area contributed by atoms with E-state index < -0.39 is 10.7 Å². The molecule has 0 aromatic heterocycles. The monoisotopic (exact) mass is 326 g/mol. The molecule has 0 amide bonds. The van der Waals surface area contributed by atoms with E-state index in [2.05, 4.69) is 15.9 Å². The van der Waals surface area contributed by atoms with Gasteiger partial charge in [-0.2, -0.15) is 0 Å². The second-order valence-corrected chi connectivity index (χ2v) is 4.61. The summed E-state index contributed by atoms with van der Waals surface area (Å²) < 4.78 is 19.4. The molecule has 7 heteroatoms. The Morgan fingerprint density at radius 3 is 2.68 bits per heavy atom. The van der Waals surface area contributed by atoms with Crippen molar-refractivity contribution in [2.24, 2.45) is 0 Å². The molecule has 0 aliphatic carbocycles. The van der Waals surface area contributed by atoms with E-state index in [-0.39, 0.29) is 22.9 Å². The zero-order valence-electron chi connectivity index (χ0n) is 9.47. The second-order valence-electron chi connectivity index (χ2n) is 3.69. The largest absolute Gasteiger partial charge is 0.454 e. The number of benzene rings is 2. The molecule has 0 aliphatic heterocycles. The molecule has 0 fully saturated rings. The van der Waals surface area contributed by atoms with Gasteiger partial charge < -0.3 is 10.5 Å². The number of rotatable bonds is 3. The minimum atomic E-state index is -0.597. The quantitative estimate of drug-likeness (QED) is 0.527. The van der Waals surface area contributed by atoms with Crippen molar-refractivity contribution in [2.75, 3.05) is 5.73 Å². The molecule has 19 heavy (non-hydrogen) atoms. The summed E-state index contributed by atoms with van der Waals surface area (Å²) >= 11 is 3.18. The SMILES string of the molecule is Nc1cc(Oc2cc(Br)ccc2F)cc([N+](=O)[O-])c1. The number of anilines is 1. The van der Waals surface area contributed by atoms with E-state index in [1.54, 1.807) is 0 Å². The number of nitro benzene ring substituents is 1. The lowest BCUT2D eigenvalue weighted by atomic mass is 10.2. The van der Waals surface area contributed by atoms with Crippen molar-refractivity contribution in [2.45, 2.75) is 0 Å². The van der Waals surface area contributed by atoms with Gasteiger partial charge in [-0.05, 0) is 18.2 Å². The van der Waals surface area contributed by atoms with Crippen LogP contribution in [0.15, 0.2) is 40.9 Å². The van der Waals surface area contributed by atoms with Crippen LogP contribution in [-0.4, -0.2) is 4.92 Å². The van der Waals surface area contributed by atoms with Crippen LogP contribution in [0.2, 0.25) is 0 Å². The summed E-state index contributed by atoms with van der Waals surface area (Å²) in [4.78, 5) is 10.1. The highest BCUT2D eigenvalue weighted by Crippen LogP contribution is 2.31. The molecule has 0 atom stereocenters. The standard InChI is InChI=1S/C12H8BrFN2O3/c13-7-1-2-11(14)12(3-7)19-10-5-8(15)4-9(6-10)16(17)18/h1-6H,15H2. The Hall–Kier alpha value is -2.15. The van der Waals surface area contributed by atoms with Crippen molar-refractivity contribution in [3.63, 3.8) is 0 Å². The molecule has 0 saturated heterocycles. The molecule has 98 valence electrons. The summed E-state index contributed by atoms with van der Waals surface area (Å²) in [5.74, 6) is -0.522. The van der Waals surface area contributed by atoms with Crippen LogP contribution in [0.5, 0.6) is 11.5 Å². The number of nitrogens with zero attached hydrogens (tertiary/aromatic N) is 1. The van der Waals surface area contributed by atoms with Crippen LogP contribution in [0.25, 0.3) is 0 Å². The van der Waals surface area contributed by atoms with Crippen LogP contribution in [0.4, 0.5) is 15.8 Å². The average Bonchev–Trinajstić information content (AvgIpc) is 2.33. The third-order valence-corrected chi connectivity index (χ3v) is 2.74. The molecule has 0 saturated carbocycles. The van der Waals surface area contributed by atoms with Crippen molar-refractivity contribution in [3.8, 4) is 11.5 Å². The summed E-state index contributed by atoms with van der Waals surface area (Å²) in [6.07, 6.45) is 0. The van der Waals surface area contributed by atoms with Crippen LogP contribution >= 0.6 is 15.9 Å². The van der Waals surface area contributed by atoms with Crippen LogP contribution in [-0.2, 0) is 0 Å². The lowest BCUT2D eigenvalue weighted by molar-refractivity contribution is -0.384. The highest BCUT2D eigenvalue weighted by atomic mass is 79.9. The van der Waals surface area contributed by atoms with Gasteiger partial charge in [0.1, 0.15) is 5.75 Å². The van der Waals surface area contributed by atoms with Crippen LogP contribution in [0.1, 0.15) is 0 Å². The van der Waals surface area contributed by atoms with Gasteiger partial charge in [0.25, 0.3) is 5.69 Å². The van der Waals surface area contributed by atoms with Crippen molar-refractivity contribution in [1.29, 1.82) is 0 Å². The van der Waals surface area contributed by atoms with Gasteiger partial charge in [0.15, 0.2) is 11.6 Å². The topological polar surface area (TPSA) is 78.4 Å². The van der Waals surface area contributed by atoms with Crippen LogP contribution < -0.4 is 10.5 Å². The Morgan fingerprint density at radius 1 is 1.26 bits per heavy atom. The summed E-state index contributed by atoms with van der Waals surface area (Å²) in [6.45, 7) is 0. The summed E-state index contributed by atoms with van der Waals surface area (Å²) in [7, 11) is 0. The van der Waals surface area contributed by atoms with Crippen molar-refractivity contribution in [1.82, 2.24) is 0 Å². The van der Waals surface area contributed by atoms with Crippen LogP contribution in [0, 0.1) is 15.9 Å². The lowest BCUT2D eigenvalue weighted by Crippen LogP contribution is -1.94. The molecule has 0 bridgehead atoms. The Kier molecular flexibility index (Phi) is 3.66. The number of hydrogen-bond acceptors (Lipinski definition) is 4. The summed E-state index contributed by atoms with van der Waals surface area (Å²) in [6, 6.07) is 7.92. The Balaban J connectivity index is 2.38. The normalized spacial score (nSPS) is 10.2. The first-order valence-electron chi connectivity index (χ1n) is 5.13. The number of nitrogen functional groups attached to an aromatic ring is 1. The molecule has 2 N–H and O–H groups in total. The number of nitro groups is 1. The molecule has 0 unspecified atom stereocenters. The number of non-ortho nitro benzene ring substituents is 1. The summed E-state index contributed by atoms with van der Waals surface area (Å²) in [5.41, 5.74) is 5.48. The highest BCUT2D eigenvalue weighted by molar-refractivity contribution is 9.10. The van der Waals surface area contributed by atoms with Gasteiger partial charge in [-0.15, -0.1) is 0 Å². The maximum absolute atomic E-state index is 13.5. The number of ether oxygens (including phenoxy) is 1. The molecular formula is C12H8BrFN2O3. The zero-order valence-corrected chi connectivity index (χ0v) is 11.1. The third-order valence-electron chi connectivity index (χ3n) is 2.25. The molecule has 5 nitrogen and oxygen atoms in total. The zero-order chi connectivity index (χ0) is 14.0. The minimum absolute atomic E-state index is 0.0470. The average molecular weight is 327 g/mol. The number of halogens is 2. The minimum Gasteiger partial charge on any atom is -0.454 e. The summed E-state index contributed by atoms with van der Waals surface area (Å²) in [5, 5.41) is 10.7. The molecule has 0 radical (unpaired) electrons. The third kappa shape index (κ3) is 3.19. The van der Waals surface area contributed by atoms with E-state index in [1.807, 2.05) is 0 Å². The van der Waals surface area contributed by atoms with Gasteiger partial charge in [-0.25, -0.2) is 4.39 Å². The Bertz CT molecular complexity index is 649. The van der Waals surface area contributed by atoms with E-state index in [0.717, 1.165) is 0 Å². The Labute approximate surface area is 116 Å². The van der Waals surface area contributed by atoms with E-state index in [4.69, 9.17) is 10.5 Å². The number of nitrogens with two attached hydrogens (primary N) is 1. The maximum Gasteiger partial charge on any atom is 0.275 e. The first kappa shape index (κ1) is 13.3. The molecule has 0 spiro atoms. The van der Waals surface area contributed by atoms with Crippen LogP contribution in [0.3, 0.4) is 0 Å². The van der Waals surface area contributed by atoms with E-state index in [9.17, 15) is 14.5 Å². The fraction of sp³-hybridized carbons (Fsp3) is 0.